The van der Waals surface area contributed by atoms with Crippen LogP contribution in [0.15, 0.2) is 0 Å². The van der Waals surface area contributed by atoms with Gasteiger partial charge in [0.2, 0.25) is 0 Å². The topological polar surface area (TPSA) is 62.9 Å². The van der Waals surface area contributed by atoms with Crippen molar-refractivity contribution in [1.82, 2.24) is 9.78 Å². The van der Waals surface area contributed by atoms with Crippen molar-refractivity contribution in [1.29, 1.82) is 5.26 Å². The highest BCUT2D eigenvalue weighted by Crippen LogP contribution is 2.19. The summed E-state index contributed by atoms with van der Waals surface area (Å²) in [5, 5.41) is 16.6. The first kappa shape index (κ1) is 12.9. The molecule has 0 radical (unpaired) electrons. The zero-order valence-corrected chi connectivity index (χ0v) is 11.1. The first-order valence-electron chi connectivity index (χ1n) is 6.51. The van der Waals surface area contributed by atoms with Crippen molar-refractivity contribution in [3.05, 3.63) is 11.3 Å². The average Bonchev–Trinajstić information content (AvgIpc) is 2.65. The molecule has 0 aromatic carbocycles. The van der Waals surface area contributed by atoms with Crippen LogP contribution in [0.4, 0.5) is 5.82 Å². The molecule has 1 aromatic rings. The second kappa shape index (κ2) is 5.87. The Hall–Kier alpha value is -1.54. The molecule has 2 heterocycles. The van der Waals surface area contributed by atoms with Gasteiger partial charge in [0.1, 0.15) is 17.5 Å². The predicted octanol–water partition coefficient (Wildman–Crippen LogP) is 1.97. The number of nitriles is 1. The van der Waals surface area contributed by atoms with Gasteiger partial charge >= 0.3 is 0 Å². The van der Waals surface area contributed by atoms with Crippen molar-refractivity contribution in [2.24, 2.45) is 7.05 Å². The molecule has 0 spiro atoms. The Morgan fingerprint density at radius 2 is 2.39 bits per heavy atom. The van der Waals surface area contributed by atoms with Gasteiger partial charge in [-0.3, -0.25) is 4.68 Å². The third-order valence-corrected chi connectivity index (χ3v) is 3.37. The van der Waals surface area contributed by atoms with Crippen molar-refractivity contribution in [2.75, 3.05) is 18.5 Å². The second-order valence-electron chi connectivity index (χ2n) is 4.75. The van der Waals surface area contributed by atoms with Crippen LogP contribution in [0.2, 0.25) is 0 Å². The van der Waals surface area contributed by atoms with Crippen LogP contribution in [0.25, 0.3) is 0 Å². The molecule has 0 amide bonds. The van der Waals surface area contributed by atoms with E-state index in [-0.39, 0.29) is 0 Å². The van der Waals surface area contributed by atoms with E-state index in [1.54, 1.807) is 4.68 Å². The first-order valence-corrected chi connectivity index (χ1v) is 6.51. The summed E-state index contributed by atoms with van der Waals surface area (Å²) in [4.78, 5) is 0. The molecule has 98 valence electrons. The van der Waals surface area contributed by atoms with Gasteiger partial charge in [-0.05, 0) is 32.6 Å². The van der Waals surface area contributed by atoms with Gasteiger partial charge in [-0.2, -0.15) is 10.4 Å². The van der Waals surface area contributed by atoms with Crippen LogP contribution in [-0.2, 0) is 11.8 Å². The normalized spacial score (nSPS) is 19.5. The van der Waals surface area contributed by atoms with E-state index in [2.05, 4.69) is 16.5 Å². The Balaban J connectivity index is 1.88. The zero-order chi connectivity index (χ0) is 13.0. The molecule has 0 aliphatic carbocycles. The van der Waals surface area contributed by atoms with Gasteiger partial charge in [0.25, 0.3) is 0 Å². The molecule has 1 aromatic heterocycles. The summed E-state index contributed by atoms with van der Waals surface area (Å²) < 4.78 is 7.41. The minimum absolute atomic E-state index is 0.367. The number of aromatic nitrogens is 2. The summed E-state index contributed by atoms with van der Waals surface area (Å²) in [7, 11) is 1.85. The number of aryl methyl sites for hydroxylation is 2. The molecule has 18 heavy (non-hydrogen) atoms. The Labute approximate surface area is 108 Å². The number of nitrogens with one attached hydrogen (secondary N) is 1. The number of rotatable bonds is 4. The lowest BCUT2D eigenvalue weighted by atomic mass is 10.1. The SMILES string of the molecule is Cc1nn(C)c(NCCC2CCCCO2)c1C#N. The summed E-state index contributed by atoms with van der Waals surface area (Å²) in [5.41, 5.74) is 1.42. The van der Waals surface area contributed by atoms with Crippen LogP contribution in [0, 0.1) is 18.3 Å². The molecule has 1 N–H and O–H groups in total. The lowest BCUT2D eigenvalue weighted by Crippen LogP contribution is -2.22. The van der Waals surface area contributed by atoms with Crippen LogP contribution in [0.1, 0.15) is 36.9 Å². The summed E-state index contributed by atoms with van der Waals surface area (Å²) >= 11 is 0. The van der Waals surface area contributed by atoms with Gasteiger partial charge in [0, 0.05) is 20.2 Å². The van der Waals surface area contributed by atoms with E-state index < -0.39 is 0 Å². The molecule has 5 nitrogen and oxygen atoms in total. The van der Waals surface area contributed by atoms with E-state index in [1.165, 1.54) is 12.8 Å². The number of nitrogens with zero attached hydrogens (tertiary/aromatic N) is 3. The van der Waals surface area contributed by atoms with E-state index in [0.717, 1.165) is 37.5 Å². The fourth-order valence-corrected chi connectivity index (χ4v) is 2.38. The first-order chi connectivity index (χ1) is 8.72. The lowest BCUT2D eigenvalue weighted by Gasteiger charge is -2.22. The highest BCUT2D eigenvalue weighted by Gasteiger charge is 2.15. The molecule has 1 aliphatic heterocycles. The van der Waals surface area contributed by atoms with Crippen LogP contribution < -0.4 is 5.32 Å². The van der Waals surface area contributed by atoms with Crippen LogP contribution >= 0.6 is 0 Å². The molecule has 1 unspecified atom stereocenters. The van der Waals surface area contributed by atoms with Crippen LogP contribution in [0.3, 0.4) is 0 Å². The Kier molecular flexibility index (Phi) is 4.21. The van der Waals surface area contributed by atoms with E-state index in [0.29, 0.717) is 11.7 Å². The van der Waals surface area contributed by atoms with Gasteiger partial charge in [-0.1, -0.05) is 0 Å². The van der Waals surface area contributed by atoms with Crippen molar-refractivity contribution in [2.45, 2.75) is 38.7 Å². The highest BCUT2D eigenvalue weighted by atomic mass is 16.5. The van der Waals surface area contributed by atoms with Crippen LogP contribution in [0.5, 0.6) is 0 Å². The van der Waals surface area contributed by atoms with Gasteiger partial charge in [-0.15, -0.1) is 0 Å². The molecule has 2 rings (SSSR count). The third kappa shape index (κ3) is 2.82. The maximum absolute atomic E-state index is 9.09. The zero-order valence-electron chi connectivity index (χ0n) is 11.1. The summed E-state index contributed by atoms with van der Waals surface area (Å²) in [6, 6.07) is 2.20. The van der Waals surface area contributed by atoms with Gasteiger partial charge in [0.05, 0.1) is 11.8 Å². The van der Waals surface area contributed by atoms with Gasteiger partial charge in [0.15, 0.2) is 0 Å². The standard InChI is InChI=1S/C13H20N4O/c1-10-12(9-14)13(17(2)16-10)15-7-6-11-5-3-4-8-18-11/h11,15H,3-8H2,1-2H3. The fourth-order valence-electron chi connectivity index (χ4n) is 2.38. The maximum Gasteiger partial charge on any atom is 0.142 e. The number of hydrogen-bond donors (Lipinski definition) is 1. The Morgan fingerprint density at radius 1 is 1.56 bits per heavy atom. The van der Waals surface area contributed by atoms with Crippen LogP contribution in [-0.4, -0.2) is 29.0 Å². The lowest BCUT2D eigenvalue weighted by molar-refractivity contribution is 0.0134. The smallest absolute Gasteiger partial charge is 0.142 e. The largest absolute Gasteiger partial charge is 0.378 e. The summed E-state index contributed by atoms with van der Waals surface area (Å²) in [6.07, 6.45) is 4.94. The second-order valence-corrected chi connectivity index (χ2v) is 4.75. The molecule has 1 aliphatic rings. The van der Waals surface area contributed by atoms with E-state index >= 15 is 0 Å². The molecule has 1 saturated heterocycles. The Bertz CT molecular complexity index is 441. The van der Waals surface area contributed by atoms with Crippen molar-refractivity contribution >= 4 is 5.82 Å². The monoisotopic (exact) mass is 248 g/mol. The van der Waals surface area contributed by atoms with Crippen molar-refractivity contribution in [3.8, 4) is 6.07 Å². The maximum atomic E-state index is 9.09. The molecule has 0 bridgehead atoms. The highest BCUT2D eigenvalue weighted by molar-refractivity contribution is 5.54. The molecular formula is C13H20N4O. The van der Waals surface area contributed by atoms with E-state index in [4.69, 9.17) is 10.00 Å². The summed E-state index contributed by atoms with van der Waals surface area (Å²) in [6.45, 7) is 3.56. The molecule has 1 atom stereocenters. The molecule has 5 heteroatoms. The van der Waals surface area contributed by atoms with E-state index in [9.17, 15) is 0 Å². The Morgan fingerprint density at radius 3 is 3.06 bits per heavy atom. The van der Waals surface area contributed by atoms with Gasteiger partial charge in [-0.25, -0.2) is 0 Å². The minimum atomic E-state index is 0.367. The fraction of sp³-hybridized carbons (Fsp3) is 0.692. The van der Waals surface area contributed by atoms with Crippen molar-refractivity contribution in [3.63, 3.8) is 0 Å². The van der Waals surface area contributed by atoms with E-state index in [1.807, 2.05) is 14.0 Å². The molecular weight excluding hydrogens is 228 g/mol. The quantitative estimate of drug-likeness (QED) is 0.885. The number of anilines is 1. The van der Waals surface area contributed by atoms with Crippen molar-refractivity contribution < 1.29 is 4.74 Å². The number of hydrogen-bond acceptors (Lipinski definition) is 4. The van der Waals surface area contributed by atoms with Gasteiger partial charge < -0.3 is 10.1 Å². The predicted molar refractivity (Wildman–Crippen MR) is 69.4 cm³/mol. The minimum Gasteiger partial charge on any atom is -0.378 e. The molecule has 1 fully saturated rings. The number of ether oxygens (including phenoxy) is 1. The summed E-state index contributed by atoms with van der Waals surface area (Å²) in [5.74, 6) is 0.811. The third-order valence-electron chi connectivity index (χ3n) is 3.37. The average molecular weight is 248 g/mol. The molecule has 0 saturated carbocycles.